The number of carbonyl (C=O) groups is 3. The zero-order valence-electron chi connectivity index (χ0n) is 10.0. The first kappa shape index (κ1) is 12.3. The number of ether oxygens (including phenoxy) is 1. The maximum Gasteiger partial charge on any atom is 0.308 e. The fourth-order valence-corrected chi connectivity index (χ4v) is 1.87. The highest BCUT2D eigenvalue weighted by atomic mass is 16.5. The zero-order chi connectivity index (χ0) is 13.1. The molecule has 0 aliphatic carbocycles. The van der Waals surface area contributed by atoms with Crippen LogP contribution < -0.4 is 9.64 Å². The van der Waals surface area contributed by atoms with Gasteiger partial charge in [0.1, 0.15) is 5.75 Å². The van der Waals surface area contributed by atoms with Crippen LogP contribution in [0.1, 0.15) is 26.2 Å². The molecule has 2 amide bonds. The lowest BCUT2D eigenvalue weighted by molar-refractivity contribution is -0.132. The number of carbonyl (C=O) groups excluding carboxylic acids is 3. The van der Waals surface area contributed by atoms with Crippen LogP contribution >= 0.6 is 0 Å². The molecule has 5 heteroatoms. The molecule has 0 atom stereocenters. The summed E-state index contributed by atoms with van der Waals surface area (Å²) < 4.78 is 4.88. The molecule has 0 radical (unpaired) electrons. The van der Waals surface area contributed by atoms with E-state index in [1.807, 2.05) is 0 Å². The van der Waals surface area contributed by atoms with Crippen molar-refractivity contribution in [2.75, 3.05) is 4.90 Å². The van der Waals surface area contributed by atoms with Gasteiger partial charge in [0.25, 0.3) is 0 Å². The van der Waals surface area contributed by atoms with E-state index < -0.39 is 5.97 Å². The van der Waals surface area contributed by atoms with Gasteiger partial charge in [-0.1, -0.05) is 0 Å². The van der Waals surface area contributed by atoms with Crippen molar-refractivity contribution in [2.45, 2.75) is 26.2 Å². The highest BCUT2D eigenvalue weighted by molar-refractivity contribution is 6.16. The Hall–Kier alpha value is -2.17. The predicted molar refractivity (Wildman–Crippen MR) is 64.1 cm³/mol. The molecule has 0 bridgehead atoms. The van der Waals surface area contributed by atoms with Gasteiger partial charge in [0, 0.05) is 19.8 Å². The third kappa shape index (κ3) is 2.56. The van der Waals surface area contributed by atoms with Gasteiger partial charge in [-0.15, -0.1) is 0 Å². The lowest BCUT2D eigenvalue weighted by Crippen LogP contribution is -2.40. The first-order valence-corrected chi connectivity index (χ1v) is 5.72. The molecule has 94 valence electrons. The Labute approximate surface area is 104 Å². The zero-order valence-corrected chi connectivity index (χ0v) is 10.0. The van der Waals surface area contributed by atoms with Crippen LogP contribution in [0, 0.1) is 0 Å². The third-order valence-electron chi connectivity index (χ3n) is 2.64. The SMILES string of the molecule is CC(=O)Oc1ccc(N2C(=O)CCCC2=O)cc1. The van der Waals surface area contributed by atoms with Crippen LogP contribution in [0.3, 0.4) is 0 Å². The highest BCUT2D eigenvalue weighted by Crippen LogP contribution is 2.24. The van der Waals surface area contributed by atoms with Gasteiger partial charge in [-0.3, -0.25) is 19.3 Å². The third-order valence-corrected chi connectivity index (χ3v) is 2.64. The molecule has 1 saturated heterocycles. The molecule has 1 aromatic carbocycles. The largest absolute Gasteiger partial charge is 0.427 e. The molecule has 18 heavy (non-hydrogen) atoms. The molecule has 0 saturated carbocycles. The summed E-state index contributed by atoms with van der Waals surface area (Å²) in [4.78, 5) is 35.3. The number of esters is 1. The molecule has 1 aliphatic heterocycles. The van der Waals surface area contributed by atoms with Crippen LogP contribution in [-0.2, 0) is 14.4 Å². The van der Waals surface area contributed by atoms with Crippen molar-refractivity contribution in [1.82, 2.24) is 0 Å². The van der Waals surface area contributed by atoms with E-state index in [0.717, 1.165) is 0 Å². The van der Waals surface area contributed by atoms with Crippen molar-refractivity contribution in [3.63, 3.8) is 0 Å². The van der Waals surface area contributed by atoms with Gasteiger partial charge >= 0.3 is 5.97 Å². The Morgan fingerprint density at radius 3 is 2.17 bits per heavy atom. The van der Waals surface area contributed by atoms with Gasteiger partial charge in [-0.05, 0) is 30.7 Å². The van der Waals surface area contributed by atoms with Gasteiger partial charge in [-0.25, -0.2) is 0 Å². The second-order valence-electron chi connectivity index (χ2n) is 4.06. The van der Waals surface area contributed by atoms with Crippen molar-refractivity contribution in [2.24, 2.45) is 0 Å². The van der Waals surface area contributed by atoms with Crippen LogP contribution in [0.4, 0.5) is 5.69 Å². The van der Waals surface area contributed by atoms with Crippen LogP contribution in [0.5, 0.6) is 5.75 Å². The van der Waals surface area contributed by atoms with Gasteiger partial charge in [0.15, 0.2) is 0 Å². The van der Waals surface area contributed by atoms with E-state index >= 15 is 0 Å². The Kier molecular flexibility index (Phi) is 3.41. The number of imide groups is 1. The van der Waals surface area contributed by atoms with Crippen molar-refractivity contribution in [3.8, 4) is 5.75 Å². The standard InChI is InChI=1S/C13H13NO4/c1-9(15)18-11-7-5-10(6-8-11)14-12(16)3-2-4-13(14)17/h5-8H,2-4H2,1H3. The van der Waals surface area contributed by atoms with Crippen LogP contribution in [0.25, 0.3) is 0 Å². The summed E-state index contributed by atoms with van der Waals surface area (Å²) in [6, 6.07) is 6.32. The van der Waals surface area contributed by atoms with Gasteiger partial charge in [0.2, 0.25) is 11.8 Å². The van der Waals surface area contributed by atoms with Crippen molar-refractivity contribution >= 4 is 23.5 Å². The average Bonchev–Trinajstić information content (AvgIpc) is 2.30. The first-order valence-electron chi connectivity index (χ1n) is 5.72. The van der Waals surface area contributed by atoms with Crippen LogP contribution in [-0.4, -0.2) is 17.8 Å². The molecule has 1 heterocycles. The lowest BCUT2D eigenvalue weighted by Gasteiger charge is -2.24. The smallest absolute Gasteiger partial charge is 0.308 e. The average molecular weight is 247 g/mol. The fourth-order valence-electron chi connectivity index (χ4n) is 1.87. The molecule has 1 fully saturated rings. The van der Waals surface area contributed by atoms with Crippen LogP contribution in [0.2, 0.25) is 0 Å². The fraction of sp³-hybridized carbons (Fsp3) is 0.308. The summed E-state index contributed by atoms with van der Waals surface area (Å²) in [7, 11) is 0. The number of rotatable bonds is 2. The molecular formula is C13H13NO4. The Balaban J connectivity index is 2.20. The summed E-state index contributed by atoms with van der Waals surface area (Å²) in [5.41, 5.74) is 0.514. The van der Waals surface area contributed by atoms with E-state index in [1.54, 1.807) is 24.3 Å². The number of amides is 2. The molecule has 0 unspecified atom stereocenters. The molecule has 0 aromatic heterocycles. The van der Waals surface area contributed by atoms with Crippen molar-refractivity contribution in [1.29, 1.82) is 0 Å². The quantitative estimate of drug-likeness (QED) is 0.453. The Bertz CT molecular complexity index is 476. The van der Waals surface area contributed by atoms with E-state index in [9.17, 15) is 14.4 Å². The number of anilines is 1. The summed E-state index contributed by atoms with van der Waals surface area (Å²) in [5.74, 6) is -0.394. The molecule has 2 rings (SSSR count). The van der Waals surface area contributed by atoms with E-state index in [4.69, 9.17) is 4.74 Å². The predicted octanol–water partition coefficient (Wildman–Crippen LogP) is 1.66. The normalized spacial score (nSPS) is 15.7. The minimum Gasteiger partial charge on any atom is -0.427 e. The number of piperidine rings is 1. The summed E-state index contributed by atoms with van der Waals surface area (Å²) in [6.45, 7) is 1.31. The maximum absolute atomic E-state index is 11.7. The minimum absolute atomic E-state index is 0.188. The van der Waals surface area contributed by atoms with Gasteiger partial charge < -0.3 is 4.74 Å². The minimum atomic E-state index is -0.409. The number of hydrogen-bond acceptors (Lipinski definition) is 4. The topological polar surface area (TPSA) is 63.7 Å². The molecular weight excluding hydrogens is 234 g/mol. The number of nitrogens with zero attached hydrogens (tertiary/aromatic N) is 1. The number of benzene rings is 1. The van der Waals surface area contributed by atoms with Gasteiger partial charge in [-0.2, -0.15) is 0 Å². The Morgan fingerprint density at radius 1 is 1.11 bits per heavy atom. The second-order valence-corrected chi connectivity index (χ2v) is 4.06. The van der Waals surface area contributed by atoms with Crippen molar-refractivity contribution < 1.29 is 19.1 Å². The van der Waals surface area contributed by atoms with Crippen LogP contribution in [0.15, 0.2) is 24.3 Å². The van der Waals surface area contributed by atoms with E-state index in [2.05, 4.69) is 0 Å². The molecule has 1 aliphatic rings. The summed E-state index contributed by atoms with van der Waals surface area (Å²) >= 11 is 0. The monoisotopic (exact) mass is 247 g/mol. The summed E-state index contributed by atoms with van der Waals surface area (Å²) in [6.07, 6.45) is 1.38. The molecule has 0 N–H and O–H groups in total. The second kappa shape index (κ2) is 5.00. The molecule has 1 aromatic rings. The number of hydrogen-bond donors (Lipinski definition) is 0. The van der Waals surface area contributed by atoms with E-state index in [0.29, 0.717) is 30.7 Å². The van der Waals surface area contributed by atoms with Crippen molar-refractivity contribution in [3.05, 3.63) is 24.3 Å². The maximum atomic E-state index is 11.7. The molecule has 5 nitrogen and oxygen atoms in total. The van der Waals surface area contributed by atoms with E-state index in [1.165, 1.54) is 11.8 Å². The van der Waals surface area contributed by atoms with E-state index in [-0.39, 0.29) is 11.8 Å². The van der Waals surface area contributed by atoms with Gasteiger partial charge in [0.05, 0.1) is 5.69 Å². The lowest BCUT2D eigenvalue weighted by atomic mass is 10.1. The first-order chi connectivity index (χ1) is 8.58. The summed E-state index contributed by atoms with van der Waals surface area (Å²) in [5, 5.41) is 0. The Morgan fingerprint density at radius 2 is 1.67 bits per heavy atom. The highest BCUT2D eigenvalue weighted by Gasteiger charge is 2.27. The molecule has 0 spiro atoms.